The van der Waals surface area contributed by atoms with Crippen molar-refractivity contribution in [2.45, 2.75) is 0 Å². The molecule has 1 atom stereocenters. The van der Waals surface area contributed by atoms with Gasteiger partial charge in [0.25, 0.3) is 11.8 Å². The largest absolute Gasteiger partial charge is 0.755 e. The van der Waals surface area contributed by atoms with Gasteiger partial charge in [0.05, 0.1) is 12.7 Å². The lowest BCUT2D eigenvalue weighted by Crippen LogP contribution is -2.51. The Hall–Kier alpha value is -3.05. The Kier molecular flexibility index (Phi) is 6.63. The number of benzene rings is 2. The average Bonchev–Trinajstić information content (AvgIpc) is 2.72. The second-order valence-electron chi connectivity index (χ2n) is 6.43. The lowest BCUT2D eigenvalue weighted by Gasteiger charge is -2.35. The fraction of sp³-hybridized carbons (Fsp3) is 0.263. The number of methoxy groups -OCH3 is 1. The van der Waals surface area contributed by atoms with E-state index in [9.17, 15) is 27.1 Å². The fourth-order valence-corrected chi connectivity index (χ4v) is 3.49. The molecule has 1 aliphatic rings. The number of rotatable bonds is 5. The summed E-state index contributed by atoms with van der Waals surface area (Å²) in [6, 6.07) is 7.45. The van der Waals surface area contributed by atoms with E-state index in [1.807, 2.05) is 0 Å². The SMILES string of the molecule is COc1cc(NS(=O)[O-])ccc1C(=O)N1CCN(C(=O)c2c(F)cccc2F)CC1. The number of halogens is 2. The molecule has 1 fully saturated rings. The number of carbonyl (C=O) groups is 2. The first kappa shape index (κ1) is 21.7. The summed E-state index contributed by atoms with van der Waals surface area (Å²) in [6.07, 6.45) is 0. The molecule has 30 heavy (non-hydrogen) atoms. The zero-order valence-corrected chi connectivity index (χ0v) is 16.7. The van der Waals surface area contributed by atoms with Crippen molar-refractivity contribution in [2.75, 3.05) is 38.0 Å². The van der Waals surface area contributed by atoms with Crippen molar-refractivity contribution in [3.8, 4) is 5.75 Å². The van der Waals surface area contributed by atoms with Gasteiger partial charge < -0.3 is 23.8 Å². The van der Waals surface area contributed by atoms with Crippen molar-refractivity contribution >= 4 is 28.8 Å². The van der Waals surface area contributed by atoms with Crippen LogP contribution >= 0.6 is 0 Å². The molecule has 0 bridgehead atoms. The second-order valence-corrected chi connectivity index (χ2v) is 7.11. The minimum atomic E-state index is -2.52. The van der Waals surface area contributed by atoms with E-state index in [0.717, 1.165) is 12.1 Å². The van der Waals surface area contributed by atoms with E-state index < -0.39 is 34.4 Å². The van der Waals surface area contributed by atoms with Crippen LogP contribution in [0.4, 0.5) is 14.5 Å². The van der Waals surface area contributed by atoms with Crippen molar-refractivity contribution in [1.29, 1.82) is 0 Å². The first-order valence-corrected chi connectivity index (χ1v) is 9.96. The van der Waals surface area contributed by atoms with Gasteiger partial charge in [-0.15, -0.1) is 0 Å². The molecule has 0 aromatic heterocycles. The van der Waals surface area contributed by atoms with Gasteiger partial charge in [0.15, 0.2) is 0 Å². The zero-order valence-electron chi connectivity index (χ0n) is 15.9. The third kappa shape index (κ3) is 4.57. The van der Waals surface area contributed by atoms with Gasteiger partial charge in [-0.05, 0) is 24.3 Å². The van der Waals surface area contributed by atoms with E-state index in [4.69, 9.17) is 4.74 Å². The zero-order chi connectivity index (χ0) is 21.8. The predicted octanol–water partition coefficient (Wildman–Crippen LogP) is 1.78. The van der Waals surface area contributed by atoms with Crippen LogP contribution in [0.1, 0.15) is 20.7 Å². The number of hydrogen-bond donors (Lipinski definition) is 1. The van der Waals surface area contributed by atoms with E-state index in [-0.39, 0.29) is 49.1 Å². The van der Waals surface area contributed by atoms with E-state index in [1.165, 1.54) is 41.2 Å². The molecular weight excluding hydrogens is 420 g/mol. The Bertz CT molecular complexity index is 976. The normalized spacial score (nSPS) is 14.9. The summed E-state index contributed by atoms with van der Waals surface area (Å²) in [6.45, 7) is 0.535. The summed E-state index contributed by atoms with van der Waals surface area (Å²) >= 11 is -2.52. The Labute approximate surface area is 173 Å². The van der Waals surface area contributed by atoms with Gasteiger partial charge in [0, 0.05) is 49.2 Å². The maximum absolute atomic E-state index is 13.9. The monoisotopic (exact) mass is 438 g/mol. The molecule has 1 unspecified atom stereocenters. The van der Waals surface area contributed by atoms with Gasteiger partial charge in [0.2, 0.25) is 0 Å². The molecule has 8 nitrogen and oxygen atoms in total. The van der Waals surface area contributed by atoms with E-state index in [2.05, 4.69) is 4.72 Å². The molecule has 0 saturated carbocycles. The highest BCUT2D eigenvalue weighted by molar-refractivity contribution is 7.80. The number of amides is 2. The highest BCUT2D eigenvalue weighted by Gasteiger charge is 2.29. The lowest BCUT2D eigenvalue weighted by atomic mass is 10.1. The Morgan fingerprint density at radius 1 is 1.03 bits per heavy atom. The number of ether oxygens (including phenoxy) is 1. The molecule has 160 valence electrons. The summed E-state index contributed by atoms with van der Waals surface area (Å²) in [5.41, 5.74) is -0.156. The van der Waals surface area contributed by atoms with Crippen LogP contribution in [0.25, 0.3) is 0 Å². The Morgan fingerprint density at radius 2 is 1.60 bits per heavy atom. The number of hydrogen-bond acceptors (Lipinski definition) is 5. The van der Waals surface area contributed by atoms with Gasteiger partial charge in [-0.1, -0.05) is 6.07 Å². The summed E-state index contributed by atoms with van der Waals surface area (Å²) in [5, 5.41) is 0. The van der Waals surface area contributed by atoms with Crippen LogP contribution in [-0.2, 0) is 11.3 Å². The van der Waals surface area contributed by atoms with Crippen LogP contribution in [0.3, 0.4) is 0 Å². The molecule has 0 spiro atoms. The average molecular weight is 438 g/mol. The molecule has 1 aliphatic heterocycles. The Balaban J connectivity index is 1.70. The molecule has 3 rings (SSSR count). The molecule has 1 N–H and O–H groups in total. The molecule has 2 aromatic carbocycles. The van der Waals surface area contributed by atoms with E-state index in [0.29, 0.717) is 0 Å². The fourth-order valence-electron chi connectivity index (χ4n) is 3.17. The van der Waals surface area contributed by atoms with Crippen molar-refractivity contribution in [3.63, 3.8) is 0 Å². The summed E-state index contributed by atoms with van der Waals surface area (Å²) in [7, 11) is 1.35. The van der Waals surface area contributed by atoms with Crippen molar-refractivity contribution in [1.82, 2.24) is 9.80 Å². The standard InChI is InChI=1S/C19H19F2N3O5S/c1-29-16-11-12(22-30(27)28)5-6-13(16)18(25)23-7-9-24(10-8-23)19(26)17-14(20)3-2-4-15(17)21/h2-6,11,22H,7-10H2,1H3,(H,27,28)/p-1. The number of carbonyl (C=O) groups excluding carboxylic acids is 2. The van der Waals surface area contributed by atoms with E-state index in [1.54, 1.807) is 0 Å². The summed E-state index contributed by atoms with van der Waals surface area (Å²) in [5.74, 6) is -2.82. The van der Waals surface area contributed by atoms with Gasteiger partial charge in [-0.3, -0.25) is 13.8 Å². The van der Waals surface area contributed by atoms with Gasteiger partial charge in [0.1, 0.15) is 22.9 Å². The second kappa shape index (κ2) is 9.18. The summed E-state index contributed by atoms with van der Waals surface area (Å²) in [4.78, 5) is 28.1. The number of nitrogens with zero attached hydrogens (tertiary/aromatic N) is 2. The third-order valence-electron chi connectivity index (χ3n) is 4.66. The smallest absolute Gasteiger partial charge is 0.259 e. The molecule has 2 aromatic rings. The molecular formula is C19H18F2N3O5S-. The predicted molar refractivity (Wildman–Crippen MR) is 104 cm³/mol. The quantitative estimate of drug-likeness (QED) is 0.717. The highest BCUT2D eigenvalue weighted by Crippen LogP contribution is 2.25. The third-order valence-corrected chi connectivity index (χ3v) is 5.07. The van der Waals surface area contributed by atoms with Gasteiger partial charge in [-0.25, -0.2) is 8.78 Å². The first-order valence-electron chi connectivity index (χ1n) is 8.88. The van der Waals surface area contributed by atoms with Crippen molar-refractivity contribution < 1.29 is 31.9 Å². The maximum atomic E-state index is 13.9. The van der Waals surface area contributed by atoms with Crippen molar-refractivity contribution in [3.05, 3.63) is 59.2 Å². The van der Waals surface area contributed by atoms with Crippen LogP contribution in [0.5, 0.6) is 5.75 Å². The molecule has 1 saturated heterocycles. The number of anilines is 1. The minimum absolute atomic E-state index is 0.107. The van der Waals surface area contributed by atoms with E-state index >= 15 is 0 Å². The molecule has 0 radical (unpaired) electrons. The first-order chi connectivity index (χ1) is 14.3. The van der Waals surface area contributed by atoms with Crippen molar-refractivity contribution in [2.24, 2.45) is 0 Å². The topological polar surface area (TPSA) is 102 Å². The van der Waals surface area contributed by atoms with Crippen LogP contribution < -0.4 is 9.46 Å². The van der Waals surface area contributed by atoms with Crippen LogP contribution in [0.2, 0.25) is 0 Å². The molecule has 11 heteroatoms. The number of nitrogens with one attached hydrogen (secondary N) is 1. The van der Waals surface area contributed by atoms with Crippen LogP contribution in [0.15, 0.2) is 36.4 Å². The molecule has 0 aliphatic carbocycles. The molecule has 2 amide bonds. The van der Waals surface area contributed by atoms with Crippen LogP contribution in [0, 0.1) is 11.6 Å². The lowest BCUT2D eigenvalue weighted by molar-refractivity contribution is 0.0528. The number of piperazine rings is 1. The summed E-state index contributed by atoms with van der Waals surface area (Å²) < 4.78 is 56.6. The van der Waals surface area contributed by atoms with Crippen LogP contribution in [-0.4, -0.2) is 63.7 Å². The molecule has 1 heterocycles. The van der Waals surface area contributed by atoms with Gasteiger partial charge in [-0.2, -0.15) is 0 Å². The maximum Gasteiger partial charge on any atom is 0.259 e. The van der Waals surface area contributed by atoms with Gasteiger partial charge >= 0.3 is 0 Å². The highest BCUT2D eigenvalue weighted by atomic mass is 32.2. The Morgan fingerprint density at radius 3 is 2.13 bits per heavy atom. The minimum Gasteiger partial charge on any atom is -0.755 e.